The fourth-order valence-electron chi connectivity index (χ4n) is 2.93. The van der Waals surface area contributed by atoms with Crippen molar-refractivity contribution in [3.63, 3.8) is 0 Å². The van der Waals surface area contributed by atoms with Gasteiger partial charge in [0.25, 0.3) is 0 Å². The monoisotopic (exact) mass is 327 g/mol. The lowest BCUT2D eigenvalue weighted by Crippen LogP contribution is -2.12. The van der Waals surface area contributed by atoms with Crippen molar-refractivity contribution in [1.82, 2.24) is 4.57 Å². The molecular formula is C19H18ClNO2. The van der Waals surface area contributed by atoms with Crippen molar-refractivity contribution in [1.29, 1.82) is 0 Å². The van der Waals surface area contributed by atoms with Gasteiger partial charge in [-0.3, -0.25) is 0 Å². The predicted molar refractivity (Wildman–Crippen MR) is 93.1 cm³/mol. The number of aryl methyl sites for hydroxylation is 1. The van der Waals surface area contributed by atoms with Gasteiger partial charge in [-0.25, -0.2) is 4.79 Å². The predicted octanol–water partition coefficient (Wildman–Crippen LogP) is 4.60. The molecule has 0 amide bonds. The highest BCUT2D eigenvalue weighted by Gasteiger charge is 2.22. The molecule has 0 atom stereocenters. The number of aromatic nitrogens is 1. The molecule has 0 saturated carbocycles. The van der Waals surface area contributed by atoms with Gasteiger partial charge in [-0.2, -0.15) is 0 Å². The fourth-order valence-corrected chi connectivity index (χ4v) is 3.10. The second-order valence-electron chi connectivity index (χ2n) is 5.43. The standard InChI is InChI=1S/C19H18ClNO2/c1-3-23-19(22)18-16(11-13-7-5-4-6-8-13)15-12-14(20)9-10-17(15)21(18)2/h4-10,12H,3,11H2,1-2H3. The Balaban J connectivity index is 2.21. The molecule has 3 nitrogen and oxygen atoms in total. The number of benzene rings is 2. The van der Waals surface area contributed by atoms with Gasteiger partial charge in [-0.05, 0) is 36.2 Å². The number of fused-ring (bicyclic) bond motifs is 1. The summed E-state index contributed by atoms with van der Waals surface area (Å²) in [5, 5.41) is 1.65. The molecule has 118 valence electrons. The van der Waals surface area contributed by atoms with Gasteiger partial charge < -0.3 is 9.30 Å². The van der Waals surface area contributed by atoms with Crippen molar-refractivity contribution in [2.45, 2.75) is 13.3 Å². The number of carbonyl (C=O) groups is 1. The third-order valence-electron chi connectivity index (χ3n) is 3.96. The number of hydrogen-bond acceptors (Lipinski definition) is 2. The van der Waals surface area contributed by atoms with E-state index in [2.05, 4.69) is 12.1 Å². The first kappa shape index (κ1) is 15.6. The van der Waals surface area contributed by atoms with Crippen LogP contribution in [0.4, 0.5) is 0 Å². The Bertz CT molecular complexity index is 853. The largest absolute Gasteiger partial charge is 0.461 e. The number of carbonyl (C=O) groups excluding carboxylic acids is 1. The van der Waals surface area contributed by atoms with Crippen molar-refractivity contribution in [2.24, 2.45) is 7.05 Å². The van der Waals surface area contributed by atoms with Gasteiger partial charge in [0.2, 0.25) is 0 Å². The summed E-state index contributed by atoms with van der Waals surface area (Å²) in [5.74, 6) is -0.298. The summed E-state index contributed by atoms with van der Waals surface area (Å²) in [6, 6.07) is 15.8. The normalized spacial score (nSPS) is 10.9. The average Bonchev–Trinajstić information content (AvgIpc) is 2.80. The lowest BCUT2D eigenvalue weighted by Gasteiger charge is -2.07. The van der Waals surface area contributed by atoms with Crippen LogP contribution in [0.5, 0.6) is 0 Å². The first-order valence-corrected chi connectivity index (χ1v) is 7.97. The van der Waals surface area contributed by atoms with Crippen molar-refractivity contribution in [3.8, 4) is 0 Å². The molecular weight excluding hydrogens is 310 g/mol. The number of ether oxygens (including phenoxy) is 1. The Kier molecular flexibility index (Phi) is 4.39. The third-order valence-corrected chi connectivity index (χ3v) is 4.19. The van der Waals surface area contributed by atoms with Crippen LogP contribution in [0.3, 0.4) is 0 Å². The Labute approximate surface area is 140 Å². The number of esters is 1. The minimum Gasteiger partial charge on any atom is -0.461 e. The van der Waals surface area contributed by atoms with Gasteiger partial charge in [0, 0.05) is 29.4 Å². The minimum atomic E-state index is -0.298. The first-order chi connectivity index (χ1) is 11.1. The molecule has 0 aliphatic rings. The van der Waals surface area contributed by atoms with Crippen molar-refractivity contribution in [2.75, 3.05) is 6.61 Å². The van der Waals surface area contributed by atoms with Crippen LogP contribution in [0.1, 0.15) is 28.5 Å². The molecule has 1 heterocycles. The van der Waals surface area contributed by atoms with Gasteiger partial charge in [-0.15, -0.1) is 0 Å². The Hall–Kier alpha value is -2.26. The Morgan fingerprint density at radius 1 is 1.17 bits per heavy atom. The molecule has 3 rings (SSSR count). The maximum Gasteiger partial charge on any atom is 0.355 e. The van der Waals surface area contributed by atoms with E-state index in [9.17, 15) is 4.79 Å². The lowest BCUT2D eigenvalue weighted by molar-refractivity contribution is 0.0514. The second kappa shape index (κ2) is 6.47. The lowest BCUT2D eigenvalue weighted by atomic mass is 10.0. The van der Waals surface area contributed by atoms with E-state index in [4.69, 9.17) is 16.3 Å². The molecule has 0 aliphatic carbocycles. The molecule has 0 unspecified atom stereocenters. The maximum absolute atomic E-state index is 12.5. The molecule has 0 N–H and O–H groups in total. The molecule has 1 aromatic heterocycles. The summed E-state index contributed by atoms with van der Waals surface area (Å²) in [5.41, 5.74) is 3.66. The van der Waals surface area contributed by atoms with Crippen LogP contribution in [0.25, 0.3) is 10.9 Å². The topological polar surface area (TPSA) is 31.2 Å². The summed E-state index contributed by atoms with van der Waals surface area (Å²) < 4.78 is 7.14. The number of halogens is 1. The van der Waals surface area contributed by atoms with Crippen molar-refractivity contribution >= 4 is 28.5 Å². The molecule has 0 fully saturated rings. The molecule has 0 saturated heterocycles. The van der Waals surface area contributed by atoms with Gasteiger partial charge in [0.05, 0.1) is 6.61 Å². The first-order valence-electron chi connectivity index (χ1n) is 7.59. The highest BCUT2D eigenvalue weighted by atomic mass is 35.5. The van der Waals surface area contributed by atoms with Crippen molar-refractivity contribution < 1.29 is 9.53 Å². The SMILES string of the molecule is CCOC(=O)c1c(Cc2ccccc2)c2cc(Cl)ccc2n1C. The van der Waals surface area contributed by atoms with Crippen LogP contribution in [-0.4, -0.2) is 17.1 Å². The second-order valence-corrected chi connectivity index (χ2v) is 5.87. The summed E-state index contributed by atoms with van der Waals surface area (Å²) in [6.07, 6.45) is 0.659. The average molecular weight is 328 g/mol. The van der Waals surface area contributed by atoms with Gasteiger partial charge >= 0.3 is 5.97 Å². The van der Waals surface area contributed by atoms with Crippen LogP contribution in [-0.2, 0) is 18.2 Å². The van der Waals surface area contributed by atoms with Crippen LogP contribution in [0.15, 0.2) is 48.5 Å². The Morgan fingerprint density at radius 2 is 1.91 bits per heavy atom. The van der Waals surface area contributed by atoms with Gasteiger partial charge in [-0.1, -0.05) is 41.9 Å². The molecule has 0 radical (unpaired) electrons. The molecule has 0 spiro atoms. The molecule has 3 aromatic rings. The molecule has 4 heteroatoms. The summed E-state index contributed by atoms with van der Waals surface area (Å²) in [7, 11) is 1.89. The zero-order valence-corrected chi connectivity index (χ0v) is 13.9. The highest BCUT2D eigenvalue weighted by Crippen LogP contribution is 2.30. The number of hydrogen-bond donors (Lipinski definition) is 0. The summed E-state index contributed by atoms with van der Waals surface area (Å²) >= 11 is 6.17. The molecule has 2 aromatic carbocycles. The molecule has 23 heavy (non-hydrogen) atoms. The summed E-state index contributed by atoms with van der Waals surface area (Å²) in [6.45, 7) is 2.17. The zero-order valence-electron chi connectivity index (χ0n) is 13.2. The van der Waals surface area contributed by atoms with E-state index in [1.807, 2.05) is 54.9 Å². The highest BCUT2D eigenvalue weighted by molar-refractivity contribution is 6.31. The number of nitrogens with zero attached hydrogens (tertiary/aromatic N) is 1. The number of rotatable bonds is 4. The molecule has 0 bridgehead atoms. The minimum absolute atomic E-state index is 0.298. The van der Waals surface area contributed by atoms with E-state index < -0.39 is 0 Å². The van der Waals surface area contributed by atoms with Crippen LogP contribution in [0, 0.1) is 0 Å². The Morgan fingerprint density at radius 3 is 2.61 bits per heavy atom. The van der Waals surface area contributed by atoms with Gasteiger partial charge in [0.15, 0.2) is 0 Å². The van der Waals surface area contributed by atoms with E-state index in [0.717, 1.165) is 22.0 Å². The zero-order chi connectivity index (χ0) is 16.4. The van der Waals surface area contributed by atoms with E-state index in [1.165, 1.54) is 0 Å². The van der Waals surface area contributed by atoms with Crippen LogP contribution >= 0.6 is 11.6 Å². The van der Waals surface area contributed by atoms with Gasteiger partial charge in [0.1, 0.15) is 5.69 Å². The maximum atomic E-state index is 12.5. The van der Waals surface area contributed by atoms with Crippen LogP contribution in [0.2, 0.25) is 5.02 Å². The smallest absolute Gasteiger partial charge is 0.355 e. The fraction of sp³-hybridized carbons (Fsp3) is 0.211. The van der Waals surface area contributed by atoms with E-state index in [0.29, 0.717) is 23.7 Å². The molecule has 0 aliphatic heterocycles. The van der Waals surface area contributed by atoms with E-state index in [1.54, 1.807) is 0 Å². The van der Waals surface area contributed by atoms with Crippen LogP contribution < -0.4 is 0 Å². The quantitative estimate of drug-likeness (QED) is 0.656. The van der Waals surface area contributed by atoms with Crippen molar-refractivity contribution in [3.05, 3.63) is 70.4 Å². The third kappa shape index (κ3) is 2.97. The summed E-state index contributed by atoms with van der Waals surface area (Å²) in [4.78, 5) is 12.5. The van der Waals surface area contributed by atoms with E-state index in [-0.39, 0.29) is 5.97 Å². The van der Waals surface area contributed by atoms with E-state index >= 15 is 0 Å².